The van der Waals surface area contributed by atoms with Crippen molar-refractivity contribution >= 4 is 17.9 Å². The molecule has 1 N–H and O–H groups in total. The zero-order chi connectivity index (χ0) is 64.1. The molecule has 6 fully saturated rings. The number of unbranched alkanes of at least 4 members (excludes halogenated alkanes) is 1. The number of fused-ring (bicyclic) bond motifs is 6. The first kappa shape index (κ1) is 67.2. The first-order valence-electron chi connectivity index (χ1n) is 33.6. The highest BCUT2D eigenvalue weighted by Crippen LogP contribution is 2.49. The van der Waals surface area contributed by atoms with Gasteiger partial charge in [-0.15, -0.1) is 0 Å². The molecule has 4 heterocycles. The van der Waals surface area contributed by atoms with E-state index in [0.29, 0.717) is 43.7 Å². The van der Waals surface area contributed by atoms with Crippen molar-refractivity contribution in [2.45, 2.75) is 186 Å². The Morgan fingerprint density at radius 3 is 1.27 bits per heavy atom. The van der Waals surface area contributed by atoms with Crippen LogP contribution in [0, 0.1) is 67.8 Å². The topological polar surface area (TPSA) is 122 Å². The summed E-state index contributed by atoms with van der Waals surface area (Å²) in [6, 6.07) is 45.1. The maximum absolute atomic E-state index is 13.7. The quantitative estimate of drug-likeness (QED) is 0.0547. The Morgan fingerprint density at radius 1 is 0.451 bits per heavy atom. The SMILES string of the molecule is CCCCN1C2CCC1[C@@H](C(=O)OCC)[C@@H](OC(c1ccc(C)cc1)c1ccc(F)cc1)C2.CCOC(=O)[C@@H]1C2CCC(C2)C[C@@H]1OC(c1ccc(C)cc1)c1ccc(F)cc1.CCOC(=O)[C@@H]1C2CCC(C[C@@H]1OC(c1ccc(C)cc1)c1ccc(F)cc1)N2. The first-order valence-corrected chi connectivity index (χ1v) is 33.6. The summed E-state index contributed by atoms with van der Waals surface area (Å²) in [5.41, 5.74) is 9.20. The Hall–Kier alpha value is -6.68. The van der Waals surface area contributed by atoms with Gasteiger partial charge in [-0.05, 0) is 194 Å². The summed E-state index contributed by atoms with van der Waals surface area (Å²) in [5, 5.41) is 3.55. The molecule has 4 saturated heterocycles. The molecule has 4 aliphatic heterocycles. The fourth-order valence-electron chi connectivity index (χ4n) is 15.2. The lowest BCUT2D eigenvalue weighted by Gasteiger charge is -2.44. The maximum atomic E-state index is 13.7. The Balaban J connectivity index is 0.000000150. The van der Waals surface area contributed by atoms with Crippen molar-refractivity contribution in [1.29, 1.82) is 0 Å². The zero-order valence-corrected chi connectivity index (χ0v) is 54.1. The Kier molecular flexibility index (Phi) is 23.5. The van der Waals surface area contributed by atoms with Gasteiger partial charge in [-0.2, -0.15) is 0 Å². The van der Waals surface area contributed by atoms with Gasteiger partial charge in [0.1, 0.15) is 35.8 Å². The van der Waals surface area contributed by atoms with Gasteiger partial charge in [0.2, 0.25) is 0 Å². The van der Waals surface area contributed by atoms with E-state index >= 15 is 0 Å². The van der Waals surface area contributed by atoms with Gasteiger partial charge in [-0.1, -0.05) is 146 Å². The number of piperidine rings is 2. The van der Waals surface area contributed by atoms with Gasteiger partial charge < -0.3 is 33.7 Å². The molecule has 12 rings (SSSR count). The lowest BCUT2D eigenvalue weighted by Crippen LogP contribution is -2.55. The molecule has 14 heteroatoms. The summed E-state index contributed by atoms with van der Waals surface area (Å²) in [4.78, 5) is 41.2. The third-order valence-electron chi connectivity index (χ3n) is 19.7. The molecule has 91 heavy (non-hydrogen) atoms. The number of carbonyl (C=O) groups is 3. The number of halogens is 3. The summed E-state index contributed by atoms with van der Waals surface area (Å²) in [6.07, 6.45) is 10.4. The monoisotopic (exact) mass is 1250 g/mol. The van der Waals surface area contributed by atoms with E-state index in [9.17, 15) is 27.6 Å². The third kappa shape index (κ3) is 16.8. The number of ether oxygens (including phenoxy) is 6. The van der Waals surface area contributed by atoms with Gasteiger partial charge >= 0.3 is 17.9 Å². The van der Waals surface area contributed by atoms with Crippen molar-refractivity contribution in [1.82, 2.24) is 10.2 Å². The number of nitrogens with one attached hydrogen (secondary N) is 1. The summed E-state index contributed by atoms with van der Waals surface area (Å²) >= 11 is 0. The fraction of sp³-hybridized carbons (Fsp3) is 0.494. The molecule has 11 nitrogen and oxygen atoms in total. The second-order valence-electron chi connectivity index (χ2n) is 26.0. The smallest absolute Gasteiger partial charge is 0.313 e. The predicted molar refractivity (Wildman–Crippen MR) is 346 cm³/mol. The molecule has 6 aromatic carbocycles. The number of hydrogen-bond donors (Lipinski definition) is 1. The van der Waals surface area contributed by atoms with Crippen LogP contribution < -0.4 is 5.32 Å². The van der Waals surface area contributed by atoms with E-state index in [4.69, 9.17) is 28.4 Å². The number of rotatable bonds is 21. The van der Waals surface area contributed by atoms with Crippen LogP contribution in [0.1, 0.15) is 173 Å². The maximum Gasteiger partial charge on any atom is 0.313 e. The van der Waals surface area contributed by atoms with E-state index < -0.39 is 0 Å². The van der Waals surface area contributed by atoms with Gasteiger partial charge in [0.05, 0.1) is 55.9 Å². The second-order valence-corrected chi connectivity index (χ2v) is 26.0. The average Bonchev–Trinajstić information content (AvgIpc) is 1.74. The van der Waals surface area contributed by atoms with Crippen molar-refractivity contribution < 1.29 is 56.0 Å². The van der Waals surface area contributed by atoms with E-state index in [-0.39, 0.29) is 102 Å². The van der Waals surface area contributed by atoms with Crippen LogP contribution in [0.3, 0.4) is 0 Å². The molecule has 0 amide bonds. The van der Waals surface area contributed by atoms with Crippen LogP contribution in [0.5, 0.6) is 0 Å². The minimum atomic E-state index is -0.366. The molecule has 6 bridgehead atoms. The van der Waals surface area contributed by atoms with Gasteiger partial charge in [0.25, 0.3) is 0 Å². The molecule has 2 aliphatic carbocycles. The van der Waals surface area contributed by atoms with Crippen molar-refractivity contribution in [3.8, 4) is 0 Å². The zero-order valence-electron chi connectivity index (χ0n) is 54.1. The summed E-state index contributed by atoms with van der Waals surface area (Å²) < 4.78 is 77.2. The number of carbonyl (C=O) groups excluding carboxylic acids is 3. The van der Waals surface area contributed by atoms with Crippen LogP contribution in [0.15, 0.2) is 146 Å². The lowest BCUT2D eigenvalue weighted by molar-refractivity contribution is -0.165. The first-order chi connectivity index (χ1) is 44.1. The number of hydrogen-bond acceptors (Lipinski definition) is 11. The van der Waals surface area contributed by atoms with Crippen LogP contribution >= 0.6 is 0 Å². The molecule has 0 spiro atoms. The van der Waals surface area contributed by atoms with E-state index in [2.05, 4.69) is 72.6 Å². The Bertz CT molecular complexity index is 3000. The lowest BCUT2D eigenvalue weighted by atomic mass is 9.77. The number of benzene rings is 6. The molecule has 15 atom stereocenters. The van der Waals surface area contributed by atoms with Crippen LogP contribution in [0.2, 0.25) is 0 Å². The minimum absolute atomic E-state index is 0.0877. The molecule has 6 aromatic rings. The highest BCUT2D eigenvalue weighted by atomic mass is 19.1. The molecule has 2 saturated carbocycles. The van der Waals surface area contributed by atoms with Gasteiger partial charge in [0.15, 0.2) is 0 Å². The Labute approximate surface area is 537 Å². The highest BCUT2D eigenvalue weighted by Gasteiger charge is 2.53. The summed E-state index contributed by atoms with van der Waals surface area (Å²) in [6.45, 7) is 16.0. The van der Waals surface area contributed by atoms with Crippen molar-refractivity contribution in [2.24, 2.45) is 29.6 Å². The molecular weight excluding hydrogens is 1150 g/mol. The highest BCUT2D eigenvalue weighted by molar-refractivity contribution is 5.75. The molecule has 486 valence electrons. The van der Waals surface area contributed by atoms with Crippen LogP contribution in [0.4, 0.5) is 13.2 Å². The van der Waals surface area contributed by atoms with E-state index in [1.807, 2.05) is 58.9 Å². The van der Waals surface area contributed by atoms with Crippen LogP contribution in [-0.4, -0.2) is 91.7 Å². The van der Waals surface area contributed by atoms with E-state index in [1.54, 1.807) is 36.4 Å². The van der Waals surface area contributed by atoms with Crippen molar-refractivity contribution in [3.63, 3.8) is 0 Å². The molecule has 0 aromatic heterocycles. The number of aryl methyl sites for hydroxylation is 3. The van der Waals surface area contributed by atoms with Crippen molar-refractivity contribution in [2.75, 3.05) is 26.4 Å². The Morgan fingerprint density at radius 2 is 0.846 bits per heavy atom. The van der Waals surface area contributed by atoms with E-state index in [0.717, 1.165) is 123 Å². The molecule has 6 aliphatic rings. The normalized spacial score (nSPS) is 26.4. The summed E-state index contributed by atoms with van der Waals surface area (Å²) in [5.74, 6) is -1.21. The van der Waals surface area contributed by atoms with Crippen molar-refractivity contribution in [3.05, 3.63) is 213 Å². The molecule has 9 unspecified atom stereocenters. The fourth-order valence-corrected chi connectivity index (χ4v) is 15.2. The van der Waals surface area contributed by atoms with E-state index in [1.165, 1.54) is 47.5 Å². The standard InChI is InChI=1S/C28H36FNO3.C25H29FO3.C24H28FNO3/c1-4-6-17-30-23-15-16-24(30)26(28(31)32-5-2)25(18-23)33-27(20-9-7-19(3)8-10-20)21-11-13-22(29)14-12-21;1-3-28-25(27)23-20-9-6-17(14-20)15-22(23)29-24(18-7-4-16(2)5-8-18)19-10-12-21(26)13-11-19;1-3-28-24(27)22-20-13-12-19(26-20)14-21(22)29-23(16-6-4-15(2)5-7-16)17-8-10-18(25)11-9-17/h7-14,23-27H,4-6,15-18H2,1-3H3;4-5,7-8,10-13,17,20,22-24H,3,6,9,14-15H2,1-2H3;4-11,19-23,26H,3,12-14H2,1-2H3/t23?,24?,25-,26+,27?;17?,20?,22-,23+,24?;19?,20?,21-,22+,23?/m000/s1. The molecule has 0 radical (unpaired) electrons. The minimum Gasteiger partial charge on any atom is -0.466 e. The van der Waals surface area contributed by atoms with Crippen LogP contribution in [0.25, 0.3) is 0 Å². The molecular formula is C77H93F3N2O9. The summed E-state index contributed by atoms with van der Waals surface area (Å²) in [7, 11) is 0. The van der Waals surface area contributed by atoms with Crippen LogP contribution in [-0.2, 0) is 42.8 Å². The van der Waals surface area contributed by atoms with Gasteiger partial charge in [0, 0.05) is 24.2 Å². The second kappa shape index (κ2) is 31.8. The number of nitrogens with zero attached hydrogens (tertiary/aromatic N) is 1. The predicted octanol–water partition coefficient (Wildman–Crippen LogP) is 15.7. The third-order valence-corrected chi connectivity index (χ3v) is 19.7. The number of esters is 3. The average molecular weight is 1250 g/mol. The largest absolute Gasteiger partial charge is 0.466 e. The van der Waals surface area contributed by atoms with Gasteiger partial charge in [-0.3, -0.25) is 19.3 Å². The van der Waals surface area contributed by atoms with Gasteiger partial charge in [-0.25, -0.2) is 13.2 Å².